The first-order valence-corrected chi connectivity index (χ1v) is 11.5. The predicted molar refractivity (Wildman–Crippen MR) is 62.0 cm³/mol. The highest BCUT2D eigenvalue weighted by molar-refractivity contribution is 6.76. The van der Waals surface area contributed by atoms with Crippen LogP contribution in [-0.2, 0) is 9.26 Å². The lowest BCUT2D eigenvalue weighted by molar-refractivity contribution is -0.0383. The van der Waals surface area contributed by atoms with Crippen LogP contribution in [0, 0.1) is 0 Å². The zero-order valence-electron chi connectivity index (χ0n) is 10.2. The van der Waals surface area contributed by atoms with Crippen molar-refractivity contribution in [3.05, 3.63) is 0 Å². The van der Waals surface area contributed by atoms with E-state index in [-0.39, 0.29) is 6.09 Å². The Labute approximate surface area is 88.4 Å². The third kappa shape index (κ3) is 4.78. The molecule has 14 heavy (non-hydrogen) atoms. The summed E-state index contributed by atoms with van der Waals surface area (Å²) in [5.74, 6) is 0. The first kappa shape index (κ1) is 13.7. The van der Waals surface area contributed by atoms with E-state index in [1.807, 2.05) is 39.3 Å². The highest BCUT2D eigenvalue weighted by Gasteiger charge is 2.33. The lowest BCUT2D eigenvalue weighted by atomic mass is 11.3. The fourth-order valence-corrected chi connectivity index (χ4v) is 2.76. The van der Waals surface area contributed by atoms with Gasteiger partial charge in [0.1, 0.15) is 0 Å². The van der Waals surface area contributed by atoms with E-state index in [1.54, 1.807) is 0 Å². The molecule has 0 aliphatic heterocycles. The quantitative estimate of drug-likeness (QED) is 0.557. The molecule has 0 aromatic carbocycles. The van der Waals surface area contributed by atoms with Crippen LogP contribution < -0.4 is 0 Å². The first-order chi connectivity index (χ1) is 6.08. The van der Waals surface area contributed by atoms with Crippen molar-refractivity contribution < 1.29 is 14.1 Å². The second kappa shape index (κ2) is 4.46. The molecule has 0 radical (unpaired) electrons. The number of carbonyl (C=O) groups excluding carboxylic acids is 1. The fraction of sp³-hybridized carbons (Fsp3) is 0.875. The molecule has 0 rings (SSSR count). The summed E-state index contributed by atoms with van der Waals surface area (Å²) in [6, 6.07) is 0. The average Bonchev–Trinajstić information content (AvgIpc) is 1.79. The van der Waals surface area contributed by atoms with Gasteiger partial charge < -0.3 is 4.43 Å². The summed E-state index contributed by atoms with van der Waals surface area (Å²) in [5.41, 5.74) is 0. The van der Waals surface area contributed by atoms with Crippen LogP contribution in [0.5, 0.6) is 0 Å². The van der Waals surface area contributed by atoms with E-state index in [1.165, 1.54) is 11.8 Å². The van der Waals surface area contributed by atoms with Gasteiger partial charge in [-0.2, -0.15) is 0 Å². The van der Waals surface area contributed by atoms with E-state index in [0.717, 1.165) is 0 Å². The Morgan fingerprint density at radius 1 is 1.07 bits per heavy atom. The summed E-state index contributed by atoms with van der Waals surface area (Å²) in [6.45, 7) is 12.0. The molecule has 0 saturated heterocycles. The van der Waals surface area contributed by atoms with E-state index >= 15 is 0 Å². The van der Waals surface area contributed by atoms with Crippen molar-refractivity contribution in [3.8, 4) is 0 Å². The number of hydrogen-bond donors (Lipinski definition) is 0. The molecule has 0 aliphatic rings. The van der Waals surface area contributed by atoms with Gasteiger partial charge in [0.2, 0.25) is 8.32 Å². The highest BCUT2D eigenvalue weighted by atomic mass is 28.4. The lowest BCUT2D eigenvalue weighted by Crippen LogP contribution is -2.51. The molecule has 0 aromatic heterocycles. The molecular weight excluding hydrogens is 214 g/mol. The van der Waals surface area contributed by atoms with Crippen LogP contribution in [-0.4, -0.2) is 34.5 Å². The van der Waals surface area contributed by atoms with Crippen molar-refractivity contribution in [3.63, 3.8) is 0 Å². The second-order valence-electron chi connectivity index (χ2n) is 5.13. The summed E-state index contributed by atoms with van der Waals surface area (Å²) in [4.78, 5) is 16.7. The standard InChI is InChI=1S/C8H21NO3Si2/c1-11-9(13(2,3)4)8(10)12-14(5,6)7/h1-7H3. The minimum atomic E-state index is -1.83. The van der Waals surface area contributed by atoms with Crippen LogP contribution in [0.2, 0.25) is 39.3 Å². The predicted octanol–water partition coefficient (Wildman–Crippen LogP) is 2.66. The molecule has 0 bridgehead atoms. The number of hydroxylamine groups is 1. The van der Waals surface area contributed by atoms with Crippen molar-refractivity contribution in [2.75, 3.05) is 7.11 Å². The molecule has 1 amide bonds. The van der Waals surface area contributed by atoms with E-state index < -0.39 is 16.6 Å². The van der Waals surface area contributed by atoms with Crippen molar-refractivity contribution in [1.29, 1.82) is 0 Å². The molecule has 0 aliphatic carbocycles. The molecule has 84 valence electrons. The van der Waals surface area contributed by atoms with Gasteiger partial charge in [0.15, 0.2) is 8.24 Å². The Morgan fingerprint density at radius 2 is 1.50 bits per heavy atom. The maximum Gasteiger partial charge on any atom is 0.411 e. The van der Waals surface area contributed by atoms with Crippen molar-refractivity contribution >= 4 is 22.6 Å². The van der Waals surface area contributed by atoms with Crippen LogP contribution in [0.3, 0.4) is 0 Å². The topological polar surface area (TPSA) is 38.8 Å². The highest BCUT2D eigenvalue weighted by Crippen LogP contribution is 2.14. The SMILES string of the molecule is CON(C(=O)O[Si](C)(C)C)[Si](C)(C)C. The average molecular weight is 235 g/mol. The Hall–Kier alpha value is -0.336. The number of amides is 1. The normalized spacial score (nSPS) is 12.5. The Balaban J connectivity index is 4.50. The summed E-state index contributed by atoms with van der Waals surface area (Å²) in [6.07, 6.45) is -0.342. The Kier molecular flexibility index (Phi) is 4.35. The van der Waals surface area contributed by atoms with Crippen LogP contribution in [0.1, 0.15) is 0 Å². The lowest BCUT2D eigenvalue weighted by Gasteiger charge is -2.32. The Morgan fingerprint density at radius 3 is 1.71 bits per heavy atom. The number of rotatable bonds is 3. The third-order valence-electron chi connectivity index (χ3n) is 1.35. The number of hydrogen-bond acceptors (Lipinski definition) is 3. The zero-order valence-corrected chi connectivity index (χ0v) is 12.2. The van der Waals surface area contributed by atoms with Crippen LogP contribution in [0.25, 0.3) is 0 Å². The van der Waals surface area contributed by atoms with Crippen molar-refractivity contribution in [2.24, 2.45) is 0 Å². The van der Waals surface area contributed by atoms with E-state index in [2.05, 4.69) is 0 Å². The minimum Gasteiger partial charge on any atom is -0.503 e. The van der Waals surface area contributed by atoms with E-state index in [0.29, 0.717) is 0 Å². The van der Waals surface area contributed by atoms with E-state index in [9.17, 15) is 4.79 Å². The maximum atomic E-state index is 11.7. The zero-order chi connectivity index (χ0) is 11.6. The molecule has 0 fully saturated rings. The number of carbonyl (C=O) groups is 1. The molecule has 0 spiro atoms. The van der Waals surface area contributed by atoms with Gasteiger partial charge in [-0.3, -0.25) is 4.84 Å². The maximum absolute atomic E-state index is 11.7. The van der Waals surface area contributed by atoms with Crippen molar-refractivity contribution in [2.45, 2.75) is 39.3 Å². The molecular formula is C8H21NO3Si2. The molecule has 0 atom stereocenters. The smallest absolute Gasteiger partial charge is 0.411 e. The summed E-state index contributed by atoms with van der Waals surface area (Å²) in [7, 11) is -2.11. The van der Waals surface area contributed by atoms with Crippen LogP contribution in [0.15, 0.2) is 0 Å². The van der Waals surface area contributed by atoms with Crippen LogP contribution in [0.4, 0.5) is 4.79 Å². The van der Waals surface area contributed by atoms with Crippen molar-refractivity contribution in [1.82, 2.24) is 4.73 Å². The van der Waals surface area contributed by atoms with Gasteiger partial charge in [0, 0.05) is 0 Å². The molecule has 0 aromatic rings. The van der Waals surface area contributed by atoms with E-state index in [4.69, 9.17) is 9.26 Å². The van der Waals surface area contributed by atoms with Gasteiger partial charge >= 0.3 is 6.09 Å². The molecule has 6 heteroatoms. The van der Waals surface area contributed by atoms with Gasteiger partial charge in [-0.25, -0.2) is 9.52 Å². The van der Waals surface area contributed by atoms with Gasteiger partial charge in [-0.15, -0.1) is 0 Å². The summed E-state index contributed by atoms with van der Waals surface area (Å²) in [5, 5.41) is 0. The minimum absolute atomic E-state index is 0.342. The second-order valence-corrected chi connectivity index (χ2v) is 14.3. The Bertz CT molecular complexity index is 208. The summed E-state index contributed by atoms with van der Waals surface area (Å²) >= 11 is 0. The summed E-state index contributed by atoms with van der Waals surface area (Å²) < 4.78 is 6.75. The first-order valence-electron chi connectivity index (χ1n) is 4.65. The number of nitrogens with zero attached hydrogens (tertiary/aromatic N) is 1. The monoisotopic (exact) mass is 235 g/mol. The molecule has 0 unspecified atom stereocenters. The fourth-order valence-electron chi connectivity index (χ4n) is 0.926. The van der Waals surface area contributed by atoms with Gasteiger partial charge in [-0.1, -0.05) is 0 Å². The van der Waals surface area contributed by atoms with Gasteiger partial charge in [0.05, 0.1) is 7.11 Å². The molecule has 0 N–H and O–H groups in total. The van der Waals surface area contributed by atoms with Gasteiger partial charge in [-0.05, 0) is 39.3 Å². The molecule has 0 heterocycles. The third-order valence-corrected chi connectivity index (χ3v) is 3.72. The van der Waals surface area contributed by atoms with Gasteiger partial charge in [0.25, 0.3) is 0 Å². The molecule has 0 saturated carbocycles. The largest absolute Gasteiger partial charge is 0.503 e. The van der Waals surface area contributed by atoms with Crippen LogP contribution >= 0.6 is 0 Å². The molecule has 4 nitrogen and oxygen atoms in total.